The zero-order chi connectivity index (χ0) is 19.2. The summed E-state index contributed by atoms with van der Waals surface area (Å²) in [6, 6.07) is 9.51. The molecule has 1 heterocycles. The Labute approximate surface area is 155 Å². The fourth-order valence-corrected chi connectivity index (χ4v) is 2.33. The van der Waals surface area contributed by atoms with Crippen LogP contribution >= 0.6 is 0 Å². The molecule has 0 fully saturated rings. The van der Waals surface area contributed by atoms with Gasteiger partial charge in [-0.05, 0) is 42.1 Å². The maximum Gasteiger partial charge on any atom is 0.238 e. The van der Waals surface area contributed by atoms with E-state index in [9.17, 15) is 0 Å². The average molecular weight is 355 g/mol. The third-order valence-corrected chi connectivity index (χ3v) is 3.88. The molecular formula is C20H29N5O. The van der Waals surface area contributed by atoms with Crippen molar-refractivity contribution in [1.82, 2.24) is 15.5 Å². The van der Waals surface area contributed by atoms with Crippen molar-refractivity contribution in [2.75, 3.05) is 18.9 Å². The molecule has 0 bridgehead atoms. The van der Waals surface area contributed by atoms with Crippen molar-refractivity contribution in [2.45, 2.75) is 33.7 Å². The van der Waals surface area contributed by atoms with Crippen LogP contribution in [0.3, 0.4) is 0 Å². The van der Waals surface area contributed by atoms with Crippen LogP contribution in [0.4, 0.5) is 5.69 Å². The van der Waals surface area contributed by atoms with E-state index >= 15 is 0 Å². The molecule has 6 heteroatoms. The van der Waals surface area contributed by atoms with E-state index in [4.69, 9.17) is 10.5 Å². The Balaban J connectivity index is 2.00. The first-order chi connectivity index (χ1) is 12.3. The van der Waals surface area contributed by atoms with Crippen LogP contribution in [0.1, 0.15) is 38.4 Å². The number of anilines is 1. The lowest BCUT2D eigenvalue weighted by Crippen LogP contribution is -2.20. The first-order valence-corrected chi connectivity index (χ1v) is 8.76. The number of rotatable bonds is 8. The van der Waals surface area contributed by atoms with Crippen LogP contribution in [0.5, 0.6) is 11.6 Å². The molecule has 0 radical (unpaired) electrons. The Morgan fingerprint density at radius 1 is 1.19 bits per heavy atom. The summed E-state index contributed by atoms with van der Waals surface area (Å²) in [5, 5.41) is 14.7. The SMILES string of the molecule is C=C(N)c1ccc(Oc2ccc(CNCCC(C)(C)C)cc2NC)nn1. The topological polar surface area (TPSA) is 85.1 Å². The van der Waals surface area contributed by atoms with Crippen molar-refractivity contribution < 1.29 is 4.74 Å². The summed E-state index contributed by atoms with van der Waals surface area (Å²) in [6.45, 7) is 12.2. The number of hydrogen-bond acceptors (Lipinski definition) is 6. The Hall–Kier alpha value is -2.60. The quantitative estimate of drug-likeness (QED) is 0.625. The summed E-state index contributed by atoms with van der Waals surface area (Å²) >= 11 is 0. The number of hydrogen-bond donors (Lipinski definition) is 3. The maximum absolute atomic E-state index is 5.83. The van der Waals surface area contributed by atoms with Gasteiger partial charge in [-0.1, -0.05) is 33.4 Å². The predicted molar refractivity (Wildman–Crippen MR) is 107 cm³/mol. The lowest BCUT2D eigenvalue weighted by atomic mass is 9.92. The predicted octanol–water partition coefficient (Wildman–Crippen LogP) is 3.77. The lowest BCUT2D eigenvalue weighted by molar-refractivity contribution is 0.366. The molecule has 0 saturated carbocycles. The van der Waals surface area contributed by atoms with Crippen LogP contribution in [-0.2, 0) is 6.54 Å². The first kappa shape index (κ1) is 19.7. The number of aromatic nitrogens is 2. The highest BCUT2D eigenvalue weighted by atomic mass is 16.5. The second-order valence-corrected chi connectivity index (χ2v) is 7.45. The molecule has 0 aliphatic carbocycles. The Morgan fingerprint density at radius 2 is 1.96 bits per heavy atom. The summed E-state index contributed by atoms with van der Waals surface area (Å²) in [5.41, 5.74) is 8.95. The van der Waals surface area contributed by atoms with Gasteiger partial charge < -0.3 is 21.1 Å². The largest absolute Gasteiger partial charge is 0.435 e. The summed E-state index contributed by atoms with van der Waals surface area (Å²) in [5.74, 6) is 1.10. The van der Waals surface area contributed by atoms with Crippen molar-refractivity contribution in [3.05, 3.63) is 48.2 Å². The van der Waals surface area contributed by atoms with Crippen molar-refractivity contribution in [3.8, 4) is 11.6 Å². The molecule has 2 aromatic rings. The Morgan fingerprint density at radius 3 is 2.54 bits per heavy atom. The molecule has 0 saturated heterocycles. The number of ether oxygens (including phenoxy) is 1. The molecular weight excluding hydrogens is 326 g/mol. The number of nitrogens with one attached hydrogen (secondary N) is 2. The zero-order valence-corrected chi connectivity index (χ0v) is 16.1. The molecule has 4 N–H and O–H groups in total. The van der Waals surface area contributed by atoms with Gasteiger partial charge in [0.2, 0.25) is 5.88 Å². The van der Waals surface area contributed by atoms with Crippen LogP contribution in [0.2, 0.25) is 0 Å². The smallest absolute Gasteiger partial charge is 0.238 e. The summed E-state index contributed by atoms with van der Waals surface area (Å²) < 4.78 is 5.83. The second kappa shape index (κ2) is 8.67. The van der Waals surface area contributed by atoms with Gasteiger partial charge in [-0.15, -0.1) is 10.2 Å². The van der Waals surface area contributed by atoms with Gasteiger partial charge in [-0.3, -0.25) is 0 Å². The highest BCUT2D eigenvalue weighted by molar-refractivity contribution is 5.59. The normalized spacial score (nSPS) is 11.2. The van der Waals surface area contributed by atoms with Gasteiger partial charge in [-0.2, -0.15) is 0 Å². The molecule has 0 aliphatic heterocycles. The van der Waals surface area contributed by atoms with E-state index in [2.05, 4.69) is 54.2 Å². The van der Waals surface area contributed by atoms with Gasteiger partial charge in [0, 0.05) is 19.7 Å². The first-order valence-electron chi connectivity index (χ1n) is 8.76. The monoisotopic (exact) mass is 355 g/mol. The third kappa shape index (κ3) is 6.04. The molecule has 6 nitrogen and oxygen atoms in total. The second-order valence-electron chi connectivity index (χ2n) is 7.45. The average Bonchev–Trinajstić information content (AvgIpc) is 2.59. The minimum atomic E-state index is 0.341. The summed E-state index contributed by atoms with van der Waals surface area (Å²) in [7, 11) is 1.87. The molecule has 0 aliphatic rings. The van der Waals surface area contributed by atoms with Crippen molar-refractivity contribution in [1.29, 1.82) is 0 Å². The van der Waals surface area contributed by atoms with Crippen LogP contribution < -0.4 is 21.1 Å². The van der Waals surface area contributed by atoms with E-state index in [1.54, 1.807) is 12.1 Å². The van der Waals surface area contributed by atoms with Gasteiger partial charge in [-0.25, -0.2) is 0 Å². The Bertz CT molecular complexity index is 735. The summed E-state index contributed by atoms with van der Waals surface area (Å²) in [6.07, 6.45) is 1.14. The maximum atomic E-state index is 5.83. The molecule has 2 rings (SSSR count). The fraction of sp³-hybridized carbons (Fsp3) is 0.400. The number of benzene rings is 1. The molecule has 0 atom stereocenters. The van der Waals surface area contributed by atoms with Crippen molar-refractivity contribution >= 4 is 11.4 Å². The third-order valence-electron chi connectivity index (χ3n) is 3.88. The fourth-order valence-electron chi connectivity index (χ4n) is 2.33. The van der Waals surface area contributed by atoms with Crippen LogP contribution in [0, 0.1) is 5.41 Å². The minimum Gasteiger partial charge on any atom is -0.435 e. The van der Waals surface area contributed by atoms with E-state index in [0.29, 0.717) is 28.4 Å². The molecule has 1 aromatic carbocycles. The highest BCUT2D eigenvalue weighted by Gasteiger charge is 2.10. The highest BCUT2D eigenvalue weighted by Crippen LogP contribution is 2.29. The number of nitrogens with two attached hydrogens (primary N) is 1. The van der Waals surface area contributed by atoms with Gasteiger partial charge in [0.1, 0.15) is 5.69 Å². The van der Waals surface area contributed by atoms with Gasteiger partial charge in [0.05, 0.1) is 11.4 Å². The summed E-state index contributed by atoms with van der Waals surface area (Å²) in [4.78, 5) is 0. The van der Waals surface area contributed by atoms with E-state index in [1.165, 1.54) is 5.56 Å². The van der Waals surface area contributed by atoms with Crippen LogP contribution in [0.15, 0.2) is 36.9 Å². The zero-order valence-electron chi connectivity index (χ0n) is 16.1. The molecule has 0 unspecified atom stereocenters. The minimum absolute atomic E-state index is 0.341. The Kier molecular flexibility index (Phi) is 6.58. The van der Waals surface area contributed by atoms with Crippen molar-refractivity contribution in [3.63, 3.8) is 0 Å². The van der Waals surface area contributed by atoms with Gasteiger partial charge in [0.25, 0.3) is 0 Å². The van der Waals surface area contributed by atoms with E-state index in [1.807, 2.05) is 19.2 Å². The van der Waals surface area contributed by atoms with E-state index in [0.717, 1.165) is 25.2 Å². The van der Waals surface area contributed by atoms with Crippen LogP contribution in [0.25, 0.3) is 5.70 Å². The van der Waals surface area contributed by atoms with Gasteiger partial charge >= 0.3 is 0 Å². The van der Waals surface area contributed by atoms with Crippen molar-refractivity contribution in [2.24, 2.45) is 11.1 Å². The molecule has 140 valence electrons. The molecule has 0 amide bonds. The molecule has 26 heavy (non-hydrogen) atoms. The van der Waals surface area contributed by atoms with Gasteiger partial charge in [0.15, 0.2) is 5.75 Å². The standard InChI is InChI=1S/C20H29N5O/c1-14(21)16-7-9-19(25-24-16)26-18-8-6-15(12-17(18)22-5)13-23-11-10-20(2,3)4/h6-9,12,22-23H,1,10-11,13,21H2,2-5H3. The molecule has 0 spiro atoms. The van der Waals surface area contributed by atoms with E-state index < -0.39 is 0 Å². The lowest BCUT2D eigenvalue weighted by Gasteiger charge is -2.18. The van der Waals surface area contributed by atoms with E-state index in [-0.39, 0.29) is 0 Å². The van der Waals surface area contributed by atoms with Crippen LogP contribution in [-0.4, -0.2) is 23.8 Å². The number of nitrogens with zero attached hydrogens (tertiary/aromatic N) is 2. The molecule has 1 aromatic heterocycles.